The number of alkyl halides is 2. The van der Waals surface area contributed by atoms with Crippen molar-refractivity contribution in [2.45, 2.75) is 25.7 Å². The Morgan fingerprint density at radius 3 is 2.65 bits per heavy atom. The highest BCUT2D eigenvalue weighted by Gasteiger charge is 2.05. The van der Waals surface area contributed by atoms with Gasteiger partial charge < -0.3 is 10.1 Å². The second-order valence-corrected chi connectivity index (χ2v) is 4.66. The van der Waals surface area contributed by atoms with Crippen LogP contribution in [-0.2, 0) is 17.6 Å². The van der Waals surface area contributed by atoms with E-state index >= 15 is 0 Å². The van der Waals surface area contributed by atoms with Crippen LogP contribution in [0.3, 0.4) is 0 Å². The molecule has 0 radical (unpaired) electrons. The topological polar surface area (TPSA) is 47.0 Å². The number of rotatable bonds is 9. The summed E-state index contributed by atoms with van der Waals surface area (Å²) in [5.41, 5.74) is 0. The Labute approximate surface area is 103 Å². The van der Waals surface area contributed by atoms with Gasteiger partial charge >= 0.3 is 0 Å². The molecule has 1 heterocycles. The Hall–Kier alpha value is -0.660. The number of hydrogen-bond donors (Lipinski definition) is 1. The largest absolute Gasteiger partial charge is 0.375 e. The van der Waals surface area contributed by atoms with Crippen LogP contribution in [0.5, 0.6) is 0 Å². The molecule has 1 N–H and O–H groups in total. The predicted octanol–water partition coefficient (Wildman–Crippen LogP) is 1.51. The molecule has 0 aromatic carbocycles. The first kappa shape index (κ1) is 14.4. The Kier molecular flexibility index (Phi) is 7.14. The molecule has 17 heavy (non-hydrogen) atoms. The van der Waals surface area contributed by atoms with Crippen molar-refractivity contribution in [2.24, 2.45) is 0 Å². The molecule has 0 aliphatic rings. The molecule has 0 saturated heterocycles. The summed E-state index contributed by atoms with van der Waals surface area (Å²) in [7, 11) is 1.91. The van der Waals surface area contributed by atoms with Gasteiger partial charge in [-0.25, -0.2) is 8.78 Å². The predicted molar refractivity (Wildman–Crippen MR) is 62.7 cm³/mol. The maximum Gasteiger partial charge on any atom is 0.261 e. The normalized spacial score (nSPS) is 11.3. The highest BCUT2D eigenvalue weighted by molar-refractivity contribution is 7.11. The average molecular weight is 265 g/mol. The Morgan fingerprint density at radius 2 is 2.00 bits per heavy atom. The lowest BCUT2D eigenvalue weighted by molar-refractivity contribution is 0.0186. The zero-order valence-electron chi connectivity index (χ0n) is 9.79. The number of halogens is 2. The third kappa shape index (κ3) is 6.60. The van der Waals surface area contributed by atoms with Gasteiger partial charge in [-0.15, -0.1) is 21.5 Å². The van der Waals surface area contributed by atoms with Gasteiger partial charge in [-0.2, -0.15) is 0 Å². The number of aromatic nitrogens is 2. The van der Waals surface area contributed by atoms with Gasteiger partial charge in [0.15, 0.2) is 0 Å². The zero-order valence-corrected chi connectivity index (χ0v) is 10.6. The summed E-state index contributed by atoms with van der Waals surface area (Å²) in [5, 5.41) is 12.9. The monoisotopic (exact) mass is 265 g/mol. The van der Waals surface area contributed by atoms with Crippen LogP contribution in [0.4, 0.5) is 8.78 Å². The van der Waals surface area contributed by atoms with E-state index in [1.165, 1.54) is 11.3 Å². The van der Waals surface area contributed by atoms with E-state index in [9.17, 15) is 8.78 Å². The minimum Gasteiger partial charge on any atom is -0.375 e. The van der Waals surface area contributed by atoms with Crippen LogP contribution in [0, 0.1) is 0 Å². The molecule has 0 fully saturated rings. The summed E-state index contributed by atoms with van der Waals surface area (Å²) >= 11 is 1.52. The van der Waals surface area contributed by atoms with Gasteiger partial charge in [-0.3, -0.25) is 0 Å². The van der Waals surface area contributed by atoms with Gasteiger partial charge in [0.2, 0.25) is 0 Å². The highest BCUT2D eigenvalue weighted by Crippen LogP contribution is 2.12. The Morgan fingerprint density at radius 1 is 1.29 bits per heavy atom. The van der Waals surface area contributed by atoms with Crippen molar-refractivity contribution in [2.75, 3.05) is 26.8 Å². The molecule has 4 nitrogen and oxygen atoms in total. The van der Waals surface area contributed by atoms with E-state index < -0.39 is 13.0 Å². The third-order valence-electron chi connectivity index (χ3n) is 2.03. The highest BCUT2D eigenvalue weighted by atomic mass is 32.1. The number of aryl methyl sites for hydroxylation is 1. The quantitative estimate of drug-likeness (QED) is 0.688. The first-order valence-electron chi connectivity index (χ1n) is 5.54. The summed E-state index contributed by atoms with van der Waals surface area (Å²) in [4.78, 5) is 0. The van der Waals surface area contributed by atoms with Crippen LogP contribution in [0.1, 0.15) is 16.4 Å². The second kappa shape index (κ2) is 8.43. The maximum absolute atomic E-state index is 11.8. The van der Waals surface area contributed by atoms with Gasteiger partial charge in [0, 0.05) is 12.8 Å². The van der Waals surface area contributed by atoms with Gasteiger partial charge in [-0.05, 0) is 20.0 Å². The number of nitrogens with one attached hydrogen (secondary N) is 1. The minimum absolute atomic E-state index is 0.273. The molecule has 1 aromatic heterocycles. The average Bonchev–Trinajstić information content (AvgIpc) is 2.73. The molecule has 1 rings (SSSR count). The van der Waals surface area contributed by atoms with E-state index in [-0.39, 0.29) is 6.61 Å². The smallest absolute Gasteiger partial charge is 0.261 e. The van der Waals surface area contributed by atoms with Gasteiger partial charge in [0.25, 0.3) is 6.43 Å². The van der Waals surface area contributed by atoms with Crippen molar-refractivity contribution in [3.63, 3.8) is 0 Å². The molecule has 0 bridgehead atoms. The summed E-state index contributed by atoms with van der Waals surface area (Å²) in [6.07, 6.45) is 0.0707. The van der Waals surface area contributed by atoms with Crippen molar-refractivity contribution in [1.29, 1.82) is 0 Å². The van der Waals surface area contributed by atoms with E-state index in [2.05, 4.69) is 15.5 Å². The molecule has 0 aliphatic carbocycles. The fourth-order valence-corrected chi connectivity index (χ4v) is 2.11. The maximum atomic E-state index is 11.8. The fourth-order valence-electron chi connectivity index (χ4n) is 1.24. The zero-order chi connectivity index (χ0) is 12.5. The first-order chi connectivity index (χ1) is 8.22. The Bertz CT molecular complexity index is 309. The summed E-state index contributed by atoms with van der Waals surface area (Å²) in [6.45, 7) is 0.718. The van der Waals surface area contributed by atoms with Crippen molar-refractivity contribution >= 4 is 11.3 Å². The van der Waals surface area contributed by atoms with Gasteiger partial charge in [0.1, 0.15) is 16.6 Å². The molecule has 0 spiro atoms. The van der Waals surface area contributed by atoms with Crippen LogP contribution in [0.15, 0.2) is 0 Å². The summed E-state index contributed by atoms with van der Waals surface area (Å²) in [5.74, 6) is 0. The molecule has 98 valence electrons. The molecule has 0 amide bonds. The van der Waals surface area contributed by atoms with E-state index in [1.807, 2.05) is 7.05 Å². The van der Waals surface area contributed by atoms with Crippen molar-refractivity contribution < 1.29 is 13.5 Å². The van der Waals surface area contributed by atoms with Crippen LogP contribution < -0.4 is 5.32 Å². The van der Waals surface area contributed by atoms with Crippen LogP contribution in [0.2, 0.25) is 0 Å². The summed E-state index contributed by atoms with van der Waals surface area (Å²) in [6, 6.07) is 0. The van der Waals surface area contributed by atoms with Gasteiger partial charge in [0.05, 0.1) is 6.61 Å². The Balaban J connectivity index is 2.16. The summed E-state index contributed by atoms with van der Waals surface area (Å²) < 4.78 is 28.3. The molecule has 0 unspecified atom stereocenters. The minimum atomic E-state index is -2.40. The van der Waals surface area contributed by atoms with Crippen molar-refractivity contribution in [3.8, 4) is 0 Å². The van der Waals surface area contributed by atoms with Gasteiger partial charge in [-0.1, -0.05) is 0 Å². The van der Waals surface area contributed by atoms with Crippen molar-refractivity contribution in [1.82, 2.24) is 15.5 Å². The van der Waals surface area contributed by atoms with E-state index in [0.29, 0.717) is 6.42 Å². The lowest BCUT2D eigenvalue weighted by atomic mass is 10.3. The molecular formula is C10H17F2N3OS. The molecular weight excluding hydrogens is 248 g/mol. The van der Waals surface area contributed by atoms with Crippen molar-refractivity contribution in [3.05, 3.63) is 10.0 Å². The fraction of sp³-hybridized carbons (Fsp3) is 0.800. The lowest BCUT2D eigenvalue weighted by Crippen LogP contribution is -2.08. The molecule has 0 saturated carbocycles. The number of hydrogen-bond acceptors (Lipinski definition) is 5. The van der Waals surface area contributed by atoms with Crippen LogP contribution in [-0.4, -0.2) is 43.4 Å². The van der Waals surface area contributed by atoms with Crippen LogP contribution >= 0.6 is 11.3 Å². The van der Waals surface area contributed by atoms with Crippen LogP contribution in [0.25, 0.3) is 0 Å². The first-order valence-corrected chi connectivity index (χ1v) is 6.35. The molecule has 0 atom stereocenters. The molecule has 1 aromatic rings. The standard InChI is InChI=1S/C10H17F2N3OS/c1-13-5-2-3-9-14-15-10(17-9)4-6-16-7-8(11)12/h8,13H,2-7H2,1H3. The molecule has 0 aliphatic heterocycles. The number of ether oxygens (including phenoxy) is 1. The van der Waals surface area contributed by atoms with E-state index in [1.54, 1.807) is 0 Å². The second-order valence-electron chi connectivity index (χ2n) is 3.51. The SMILES string of the molecule is CNCCCc1nnc(CCOCC(F)F)s1. The van der Waals surface area contributed by atoms with E-state index in [4.69, 9.17) is 4.74 Å². The molecule has 7 heteroatoms. The van der Waals surface area contributed by atoms with E-state index in [0.717, 1.165) is 29.4 Å². The lowest BCUT2D eigenvalue weighted by Gasteiger charge is -2.00. The third-order valence-corrected chi connectivity index (χ3v) is 3.07. The number of nitrogens with zero attached hydrogens (tertiary/aromatic N) is 2.